The Morgan fingerprint density at radius 1 is 1.17 bits per heavy atom. The number of hydrogen-bond donors (Lipinski definition) is 2. The van der Waals surface area contributed by atoms with Crippen LogP contribution >= 0.6 is 0 Å². The molecule has 0 bridgehead atoms. The lowest BCUT2D eigenvalue weighted by atomic mass is 10.0. The van der Waals surface area contributed by atoms with Crippen LogP contribution < -0.4 is 5.73 Å². The monoisotopic (exact) mass is 394 g/mol. The number of pyridine rings is 1. The number of carbonyl (C=O) groups is 2. The number of amides is 2. The minimum absolute atomic E-state index is 0.180. The van der Waals surface area contributed by atoms with Gasteiger partial charge in [0, 0.05) is 30.8 Å². The van der Waals surface area contributed by atoms with Crippen LogP contribution in [0.2, 0.25) is 0 Å². The molecule has 0 aliphatic carbocycles. The number of hydrogen-bond acceptors (Lipinski definition) is 6. The predicted octanol–water partition coefficient (Wildman–Crippen LogP) is 2.06. The Balaban J connectivity index is 1.91. The molecule has 0 fully saturated rings. The van der Waals surface area contributed by atoms with Crippen molar-refractivity contribution < 1.29 is 19.2 Å². The fourth-order valence-corrected chi connectivity index (χ4v) is 2.87. The summed E-state index contributed by atoms with van der Waals surface area (Å²) in [5, 5.41) is 13.6. The van der Waals surface area contributed by atoms with Crippen molar-refractivity contribution in [2.75, 3.05) is 20.2 Å². The van der Waals surface area contributed by atoms with Crippen LogP contribution in [0.4, 0.5) is 0 Å². The zero-order chi connectivity index (χ0) is 21.0. The van der Waals surface area contributed by atoms with Gasteiger partial charge in [-0.05, 0) is 25.1 Å². The number of aromatic nitrogens is 2. The van der Waals surface area contributed by atoms with Gasteiger partial charge in [-0.3, -0.25) is 9.59 Å². The first-order chi connectivity index (χ1) is 13.9. The summed E-state index contributed by atoms with van der Waals surface area (Å²) in [6.45, 7) is 2.02. The molecular formula is C21H22N4O4. The second kappa shape index (κ2) is 8.66. The Kier molecular flexibility index (Phi) is 6.04. The summed E-state index contributed by atoms with van der Waals surface area (Å²) < 4.78 is 5.42. The first-order valence-electron chi connectivity index (χ1n) is 9.14. The fraction of sp³-hybridized carbons (Fsp3) is 0.238. The number of aliphatic hydroxyl groups excluding tert-OH is 1. The lowest BCUT2D eigenvalue weighted by Crippen LogP contribution is -2.33. The molecule has 150 valence electrons. The third kappa shape index (κ3) is 4.33. The van der Waals surface area contributed by atoms with Gasteiger partial charge < -0.3 is 20.3 Å². The van der Waals surface area contributed by atoms with Gasteiger partial charge in [0.15, 0.2) is 5.76 Å². The molecule has 3 aromatic rings. The summed E-state index contributed by atoms with van der Waals surface area (Å²) in [6, 6.07) is 14.0. The zero-order valence-electron chi connectivity index (χ0n) is 16.2. The summed E-state index contributed by atoms with van der Waals surface area (Å²) in [4.78, 5) is 29.6. The molecule has 3 N–H and O–H groups in total. The SMILES string of the molecule is CCN(C)C(=O)C(CO)c1cc(-c2cccc(-c3cccc(C(N)=O)n3)c2)on1. The van der Waals surface area contributed by atoms with Crippen LogP contribution in [0.15, 0.2) is 53.1 Å². The van der Waals surface area contributed by atoms with Gasteiger partial charge in [-0.2, -0.15) is 0 Å². The van der Waals surface area contributed by atoms with E-state index in [-0.39, 0.29) is 18.2 Å². The molecule has 2 amide bonds. The van der Waals surface area contributed by atoms with Crippen molar-refractivity contribution in [2.45, 2.75) is 12.8 Å². The van der Waals surface area contributed by atoms with Crippen molar-refractivity contribution >= 4 is 11.8 Å². The molecule has 29 heavy (non-hydrogen) atoms. The highest BCUT2D eigenvalue weighted by Crippen LogP contribution is 2.28. The lowest BCUT2D eigenvalue weighted by Gasteiger charge is -2.19. The van der Waals surface area contributed by atoms with Crippen molar-refractivity contribution in [1.29, 1.82) is 0 Å². The van der Waals surface area contributed by atoms with Crippen molar-refractivity contribution in [3.63, 3.8) is 0 Å². The van der Waals surface area contributed by atoms with Gasteiger partial charge in [0.2, 0.25) is 5.91 Å². The van der Waals surface area contributed by atoms with Gasteiger partial charge in [0.05, 0.1) is 18.0 Å². The van der Waals surface area contributed by atoms with Crippen LogP contribution in [-0.2, 0) is 4.79 Å². The number of aliphatic hydroxyl groups is 1. The summed E-state index contributed by atoms with van der Waals surface area (Å²) in [5.41, 5.74) is 7.94. The van der Waals surface area contributed by atoms with Crippen LogP contribution in [0.3, 0.4) is 0 Å². The highest BCUT2D eigenvalue weighted by atomic mass is 16.5. The zero-order valence-corrected chi connectivity index (χ0v) is 16.2. The average Bonchev–Trinajstić information content (AvgIpc) is 3.23. The molecule has 1 atom stereocenters. The molecule has 0 saturated carbocycles. The van der Waals surface area contributed by atoms with E-state index < -0.39 is 11.8 Å². The number of nitrogens with zero attached hydrogens (tertiary/aromatic N) is 3. The van der Waals surface area contributed by atoms with Gasteiger partial charge >= 0.3 is 0 Å². The van der Waals surface area contributed by atoms with Gasteiger partial charge in [-0.15, -0.1) is 0 Å². The van der Waals surface area contributed by atoms with Crippen molar-refractivity contribution in [3.8, 4) is 22.6 Å². The topological polar surface area (TPSA) is 123 Å². The number of nitrogens with two attached hydrogens (primary N) is 1. The van der Waals surface area contributed by atoms with Gasteiger partial charge in [0.1, 0.15) is 11.6 Å². The first kappa shape index (κ1) is 20.2. The fourth-order valence-electron chi connectivity index (χ4n) is 2.87. The van der Waals surface area contributed by atoms with Crippen LogP contribution in [-0.4, -0.2) is 52.2 Å². The van der Waals surface area contributed by atoms with E-state index in [4.69, 9.17) is 10.3 Å². The summed E-state index contributed by atoms with van der Waals surface area (Å²) in [5.74, 6) is -1.15. The Labute approximate surface area is 168 Å². The number of likely N-dealkylation sites (N-methyl/N-ethyl adjacent to an activating group) is 1. The van der Waals surface area contributed by atoms with E-state index in [1.54, 1.807) is 31.3 Å². The Morgan fingerprint density at radius 2 is 1.90 bits per heavy atom. The Hall–Kier alpha value is -3.52. The van der Waals surface area contributed by atoms with Crippen LogP contribution in [0, 0.1) is 0 Å². The maximum atomic E-state index is 12.4. The highest BCUT2D eigenvalue weighted by molar-refractivity contribution is 5.91. The second-order valence-corrected chi connectivity index (χ2v) is 6.56. The van der Waals surface area contributed by atoms with E-state index in [0.29, 0.717) is 23.7 Å². The molecule has 1 aromatic carbocycles. The van der Waals surface area contributed by atoms with Gasteiger partial charge in [0.25, 0.3) is 5.91 Å². The lowest BCUT2D eigenvalue weighted by molar-refractivity contribution is -0.132. The van der Waals surface area contributed by atoms with E-state index >= 15 is 0 Å². The van der Waals surface area contributed by atoms with E-state index in [1.807, 2.05) is 31.2 Å². The quantitative estimate of drug-likeness (QED) is 0.632. The van der Waals surface area contributed by atoms with Crippen molar-refractivity contribution in [1.82, 2.24) is 15.0 Å². The molecule has 0 aliphatic rings. The molecule has 0 aliphatic heterocycles. The number of carbonyl (C=O) groups excluding carboxylic acids is 2. The summed E-state index contributed by atoms with van der Waals surface area (Å²) in [7, 11) is 1.67. The molecule has 2 heterocycles. The molecule has 0 saturated heterocycles. The summed E-state index contributed by atoms with van der Waals surface area (Å²) >= 11 is 0. The third-order valence-corrected chi connectivity index (χ3v) is 4.66. The number of primary amides is 1. The predicted molar refractivity (Wildman–Crippen MR) is 107 cm³/mol. The van der Waals surface area contributed by atoms with Gasteiger partial charge in [-0.25, -0.2) is 4.98 Å². The Morgan fingerprint density at radius 3 is 2.59 bits per heavy atom. The molecule has 8 nitrogen and oxygen atoms in total. The van der Waals surface area contributed by atoms with Crippen LogP contribution in [0.5, 0.6) is 0 Å². The summed E-state index contributed by atoms with van der Waals surface area (Å²) in [6.07, 6.45) is 0. The smallest absolute Gasteiger partial charge is 0.267 e. The maximum Gasteiger partial charge on any atom is 0.267 e. The molecule has 3 rings (SSSR count). The third-order valence-electron chi connectivity index (χ3n) is 4.66. The molecule has 0 spiro atoms. The average molecular weight is 394 g/mol. The van der Waals surface area contributed by atoms with Gasteiger partial charge in [-0.1, -0.05) is 29.4 Å². The second-order valence-electron chi connectivity index (χ2n) is 6.56. The molecule has 8 heteroatoms. The minimum Gasteiger partial charge on any atom is -0.395 e. The van der Waals surface area contributed by atoms with E-state index in [0.717, 1.165) is 11.1 Å². The minimum atomic E-state index is -0.783. The first-order valence-corrected chi connectivity index (χ1v) is 9.14. The number of benzene rings is 1. The Bertz CT molecular complexity index is 1030. The number of rotatable bonds is 7. The molecule has 2 aromatic heterocycles. The highest BCUT2D eigenvalue weighted by Gasteiger charge is 2.26. The van der Waals surface area contributed by atoms with E-state index in [1.165, 1.54) is 4.90 Å². The molecule has 1 unspecified atom stereocenters. The standard InChI is InChI=1S/C21H22N4O4/c1-3-25(2)21(28)15(12-26)18-11-19(29-24-18)14-7-4-6-13(10-14)16-8-5-9-17(23-16)20(22)27/h4-11,15,26H,3,12H2,1-2H3,(H2,22,27). The normalized spacial score (nSPS) is 11.8. The maximum absolute atomic E-state index is 12.4. The molecular weight excluding hydrogens is 372 g/mol. The van der Waals surface area contributed by atoms with Crippen LogP contribution in [0.25, 0.3) is 22.6 Å². The van der Waals surface area contributed by atoms with Crippen LogP contribution in [0.1, 0.15) is 29.0 Å². The van der Waals surface area contributed by atoms with Crippen molar-refractivity contribution in [3.05, 3.63) is 59.9 Å². The van der Waals surface area contributed by atoms with E-state index in [9.17, 15) is 14.7 Å². The molecule has 0 radical (unpaired) electrons. The van der Waals surface area contributed by atoms with E-state index in [2.05, 4.69) is 10.1 Å². The largest absolute Gasteiger partial charge is 0.395 e. The van der Waals surface area contributed by atoms with Crippen molar-refractivity contribution in [2.24, 2.45) is 5.73 Å².